The van der Waals surface area contributed by atoms with Crippen molar-refractivity contribution in [1.29, 1.82) is 0 Å². The Balaban J connectivity index is 1.81. The van der Waals surface area contributed by atoms with Gasteiger partial charge in [-0.1, -0.05) is 5.21 Å². The van der Waals surface area contributed by atoms with Crippen LogP contribution in [0.4, 0.5) is 0 Å². The highest BCUT2D eigenvalue weighted by Crippen LogP contribution is 2.05. The van der Waals surface area contributed by atoms with Gasteiger partial charge in [0.1, 0.15) is 0 Å². The molecule has 20 heavy (non-hydrogen) atoms. The molecule has 0 aliphatic carbocycles. The Morgan fingerprint density at radius 1 is 1.30 bits per heavy atom. The van der Waals surface area contributed by atoms with E-state index in [4.69, 9.17) is 5.11 Å². The van der Waals surface area contributed by atoms with Gasteiger partial charge in [-0.3, -0.25) is 9.48 Å². The number of aryl methyl sites for hydroxylation is 2. The number of carbonyl (C=O) groups is 1. The summed E-state index contributed by atoms with van der Waals surface area (Å²) in [4.78, 5) is 10.4. The molecule has 0 saturated heterocycles. The first kappa shape index (κ1) is 14.2. The molecule has 0 aliphatic rings. The number of carboxylic acid groups (broad SMARTS) is 1. The van der Waals surface area contributed by atoms with Crippen LogP contribution in [0.25, 0.3) is 0 Å². The highest BCUT2D eigenvalue weighted by molar-refractivity contribution is 5.66. The van der Waals surface area contributed by atoms with Crippen LogP contribution < -0.4 is 0 Å². The number of carboxylic acids is 1. The van der Waals surface area contributed by atoms with Crippen molar-refractivity contribution in [2.75, 3.05) is 0 Å². The molecule has 0 radical (unpaired) electrons. The van der Waals surface area contributed by atoms with Crippen LogP contribution in [0, 0.1) is 0 Å². The Kier molecular flexibility index (Phi) is 4.86. The first-order valence-electron chi connectivity index (χ1n) is 6.79. The third-order valence-electron chi connectivity index (χ3n) is 3.01. The van der Waals surface area contributed by atoms with E-state index in [1.807, 2.05) is 30.2 Å². The molecular formula is C13H19N5O2. The van der Waals surface area contributed by atoms with E-state index in [1.54, 1.807) is 4.68 Å². The van der Waals surface area contributed by atoms with Crippen molar-refractivity contribution in [3.8, 4) is 0 Å². The molecule has 0 saturated carbocycles. The van der Waals surface area contributed by atoms with E-state index < -0.39 is 5.97 Å². The molecule has 0 bridgehead atoms. The zero-order valence-corrected chi connectivity index (χ0v) is 11.6. The van der Waals surface area contributed by atoms with Gasteiger partial charge in [0.2, 0.25) is 0 Å². The van der Waals surface area contributed by atoms with Gasteiger partial charge in [-0.25, -0.2) is 4.68 Å². The fourth-order valence-corrected chi connectivity index (χ4v) is 1.96. The summed E-state index contributed by atoms with van der Waals surface area (Å²) < 4.78 is 3.66. The van der Waals surface area contributed by atoms with Crippen LogP contribution in [0.15, 0.2) is 18.6 Å². The normalized spacial score (nSPS) is 10.8. The molecule has 2 rings (SSSR count). The summed E-state index contributed by atoms with van der Waals surface area (Å²) in [6.07, 6.45) is 8.20. The lowest BCUT2D eigenvalue weighted by Crippen LogP contribution is -1.99. The Morgan fingerprint density at radius 2 is 2.15 bits per heavy atom. The first-order chi connectivity index (χ1) is 9.67. The number of nitrogens with zero attached hydrogens (tertiary/aromatic N) is 5. The quantitative estimate of drug-likeness (QED) is 0.736. The lowest BCUT2D eigenvalue weighted by atomic mass is 10.1. The molecule has 2 aromatic heterocycles. The summed E-state index contributed by atoms with van der Waals surface area (Å²) in [5.74, 6) is -0.749. The molecule has 0 unspecified atom stereocenters. The molecule has 108 valence electrons. The first-order valence-corrected chi connectivity index (χ1v) is 6.79. The van der Waals surface area contributed by atoms with Crippen molar-refractivity contribution in [1.82, 2.24) is 24.8 Å². The second-order valence-corrected chi connectivity index (χ2v) is 4.71. The van der Waals surface area contributed by atoms with Crippen LogP contribution in [0.1, 0.15) is 37.4 Å². The average molecular weight is 277 g/mol. The molecule has 0 amide bonds. The Bertz CT molecular complexity index is 561. The number of rotatable bonds is 8. The Morgan fingerprint density at radius 3 is 2.85 bits per heavy atom. The van der Waals surface area contributed by atoms with Gasteiger partial charge in [0, 0.05) is 30.9 Å². The van der Waals surface area contributed by atoms with Gasteiger partial charge in [0.05, 0.1) is 18.4 Å². The average Bonchev–Trinajstić information content (AvgIpc) is 3.04. The molecule has 0 fully saturated rings. The molecular weight excluding hydrogens is 258 g/mol. The summed E-state index contributed by atoms with van der Waals surface area (Å²) in [7, 11) is 0. The van der Waals surface area contributed by atoms with E-state index in [2.05, 4.69) is 15.4 Å². The topological polar surface area (TPSA) is 85.8 Å². The lowest BCUT2D eigenvalue weighted by molar-refractivity contribution is -0.137. The molecule has 7 heteroatoms. The zero-order chi connectivity index (χ0) is 14.4. The van der Waals surface area contributed by atoms with Crippen molar-refractivity contribution in [2.45, 2.75) is 45.7 Å². The van der Waals surface area contributed by atoms with Crippen LogP contribution in [0.5, 0.6) is 0 Å². The highest BCUT2D eigenvalue weighted by Gasteiger charge is 2.04. The lowest BCUT2D eigenvalue weighted by Gasteiger charge is -1.96. The van der Waals surface area contributed by atoms with Crippen molar-refractivity contribution in [3.05, 3.63) is 29.8 Å². The van der Waals surface area contributed by atoms with E-state index in [1.165, 1.54) is 0 Å². The standard InChI is InChI=1S/C13H19N5O2/c1-2-17-8-11(7-14-17)9-18-10-12(15-16-18)5-3-4-6-13(19)20/h7-8,10H,2-6,9H2,1H3,(H,19,20). The van der Waals surface area contributed by atoms with Crippen LogP contribution in [-0.4, -0.2) is 35.9 Å². The fourth-order valence-electron chi connectivity index (χ4n) is 1.96. The summed E-state index contributed by atoms with van der Waals surface area (Å²) in [5, 5.41) is 20.9. The molecule has 0 spiro atoms. The SMILES string of the molecule is CCn1cc(Cn2cc(CCCCC(=O)O)nn2)cn1. The van der Waals surface area contributed by atoms with Crippen LogP contribution in [-0.2, 0) is 24.3 Å². The second-order valence-electron chi connectivity index (χ2n) is 4.71. The van der Waals surface area contributed by atoms with E-state index in [0.717, 1.165) is 30.6 Å². The second kappa shape index (κ2) is 6.83. The maximum Gasteiger partial charge on any atom is 0.303 e. The summed E-state index contributed by atoms with van der Waals surface area (Å²) in [6.45, 7) is 3.55. The number of aliphatic carboxylic acids is 1. The number of hydrogen-bond donors (Lipinski definition) is 1. The summed E-state index contributed by atoms with van der Waals surface area (Å²) in [6, 6.07) is 0. The molecule has 2 aromatic rings. The minimum absolute atomic E-state index is 0.213. The molecule has 0 atom stereocenters. The number of hydrogen-bond acceptors (Lipinski definition) is 4. The third-order valence-corrected chi connectivity index (χ3v) is 3.01. The van der Waals surface area contributed by atoms with Gasteiger partial charge in [-0.2, -0.15) is 5.10 Å². The smallest absolute Gasteiger partial charge is 0.303 e. The Hall–Kier alpha value is -2.18. The van der Waals surface area contributed by atoms with Gasteiger partial charge < -0.3 is 5.11 Å². The van der Waals surface area contributed by atoms with E-state index in [9.17, 15) is 4.79 Å². The van der Waals surface area contributed by atoms with Gasteiger partial charge in [-0.15, -0.1) is 5.10 Å². The fraction of sp³-hybridized carbons (Fsp3) is 0.538. The maximum atomic E-state index is 10.4. The largest absolute Gasteiger partial charge is 0.481 e. The Labute approximate surface area is 117 Å². The molecule has 1 N–H and O–H groups in total. The van der Waals surface area contributed by atoms with Gasteiger partial charge in [0.25, 0.3) is 0 Å². The molecule has 0 aromatic carbocycles. The monoisotopic (exact) mass is 277 g/mol. The van der Waals surface area contributed by atoms with E-state index >= 15 is 0 Å². The van der Waals surface area contributed by atoms with Crippen LogP contribution in [0.3, 0.4) is 0 Å². The van der Waals surface area contributed by atoms with E-state index in [0.29, 0.717) is 13.0 Å². The minimum atomic E-state index is -0.749. The number of aromatic nitrogens is 5. The summed E-state index contributed by atoms with van der Waals surface area (Å²) >= 11 is 0. The predicted octanol–water partition coefficient (Wildman–Crippen LogP) is 1.34. The van der Waals surface area contributed by atoms with Crippen LogP contribution in [0.2, 0.25) is 0 Å². The van der Waals surface area contributed by atoms with Crippen molar-refractivity contribution in [2.24, 2.45) is 0 Å². The van der Waals surface area contributed by atoms with E-state index in [-0.39, 0.29) is 6.42 Å². The predicted molar refractivity (Wildman–Crippen MR) is 72.2 cm³/mol. The highest BCUT2D eigenvalue weighted by atomic mass is 16.4. The van der Waals surface area contributed by atoms with Crippen molar-refractivity contribution in [3.63, 3.8) is 0 Å². The number of unbranched alkanes of at least 4 members (excludes halogenated alkanes) is 1. The van der Waals surface area contributed by atoms with Gasteiger partial charge >= 0.3 is 5.97 Å². The summed E-state index contributed by atoms with van der Waals surface area (Å²) in [5.41, 5.74) is 1.99. The van der Waals surface area contributed by atoms with Gasteiger partial charge in [-0.05, 0) is 26.2 Å². The molecule has 2 heterocycles. The van der Waals surface area contributed by atoms with Crippen LogP contribution >= 0.6 is 0 Å². The maximum absolute atomic E-state index is 10.4. The zero-order valence-electron chi connectivity index (χ0n) is 11.6. The molecule has 7 nitrogen and oxygen atoms in total. The third kappa shape index (κ3) is 4.18. The van der Waals surface area contributed by atoms with Gasteiger partial charge in [0.15, 0.2) is 0 Å². The van der Waals surface area contributed by atoms with Crippen molar-refractivity contribution >= 4 is 5.97 Å². The van der Waals surface area contributed by atoms with Crippen molar-refractivity contribution < 1.29 is 9.90 Å². The molecule has 0 aliphatic heterocycles. The minimum Gasteiger partial charge on any atom is -0.481 e.